The second-order valence-corrected chi connectivity index (χ2v) is 7.41. The van der Waals surface area contributed by atoms with Gasteiger partial charge in [-0.1, -0.05) is 37.4 Å². The second-order valence-electron chi connectivity index (χ2n) is 7.41. The van der Waals surface area contributed by atoms with Gasteiger partial charge in [-0.25, -0.2) is 0 Å². The Hall–Kier alpha value is -4.58. The van der Waals surface area contributed by atoms with E-state index < -0.39 is 0 Å². The van der Waals surface area contributed by atoms with E-state index >= 15 is 0 Å². The van der Waals surface area contributed by atoms with Crippen molar-refractivity contribution in [3.63, 3.8) is 0 Å². The van der Waals surface area contributed by atoms with Crippen molar-refractivity contribution in [3.05, 3.63) is 126 Å². The Morgan fingerprint density at radius 3 is 2.47 bits per heavy atom. The van der Waals surface area contributed by atoms with E-state index in [1.54, 1.807) is 37.6 Å². The Kier molecular flexibility index (Phi) is 6.89. The zero-order valence-electron chi connectivity index (χ0n) is 18.9. The molecule has 0 saturated heterocycles. The molecule has 0 saturated carbocycles. The first-order valence-corrected chi connectivity index (χ1v) is 10.7. The van der Waals surface area contributed by atoms with Gasteiger partial charge in [-0.2, -0.15) is 0 Å². The number of anilines is 1. The maximum Gasteiger partial charge on any atom is 0.193 e. The van der Waals surface area contributed by atoms with Crippen LogP contribution in [0.1, 0.15) is 5.69 Å². The number of benzene rings is 2. The number of nitrogens with zero attached hydrogens (tertiary/aromatic N) is 2. The number of hydrogen-bond donors (Lipinski definition) is 1. The number of nitrogens with one attached hydrogen (secondary N) is 1. The van der Waals surface area contributed by atoms with E-state index in [-0.39, 0.29) is 12.0 Å². The molecule has 0 bridgehead atoms. The van der Waals surface area contributed by atoms with Crippen molar-refractivity contribution in [2.24, 2.45) is 0 Å². The molecule has 0 fully saturated rings. The van der Waals surface area contributed by atoms with Crippen LogP contribution in [0.2, 0.25) is 0 Å². The van der Waals surface area contributed by atoms with E-state index in [0.29, 0.717) is 28.2 Å². The predicted molar refractivity (Wildman–Crippen MR) is 137 cm³/mol. The summed E-state index contributed by atoms with van der Waals surface area (Å²) in [6.45, 7) is 7.83. The topological polar surface area (TPSA) is 65.4 Å². The lowest BCUT2D eigenvalue weighted by atomic mass is 10.2. The molecule has 0 aliphatic rings. The highest BCUT2D eigenvalue weighted by Gasteiger charge is 2.13. The lowest BCUT2D eigenvalue weighted by Gasteiger charge is -2.19. The van der Waals surface area contributed by atoms with Crippen molar-refractivity contribution in [2.45, 2.75) is 6.61 Å². The van der Waals surface area contributed by atoms with Crippen LogP contribution in [0.4, 0.5) is 5.82 Å². The summed E-state index contributed by atoms with van der Waals surface area (Å²) in [4.78, 5) is 17.4. The van der Waals surface area contributed by atoms with Gasteiger partial charge < -0.3 is 14.8 Å². The molecule has 0 radical (unpaired) electrons. The molecule has 6 nitrogen and oxygen atoms in total. The normalized spacial score (nSPS) is 11.1. The summed E-state index contributed by atoms with van der Waals surface area (Å²) in [6.07, 6.45) is 6.72. The van der Waals surface area contributed by atoms with Crippen LogP contribution in [0, 0.1) is 0 Å². The van der Waals surface area contributed by atoms with Crippen molar-refractivity contribution in [1.82, 2.24) is 9.55 Å². The molecule has 6 heteroatoms. The van der Waals surface area contributed by atoms with Gasteiger partial charge in [-0.3, -0.25) is 14.3 Å². The number of hydrogen-bond acceptors (Lipinski definition) is 5. The smallest absolute Gasteiger partial charge is 0.193 e. The largest absolute Gasteiger partial charge is 0.497 e. The van der Waals surface area contributed by atoms with E-state index in [0.717, 1.165) is 17.1 Å². The van der Waals surface area contributed by atoms with E-state index in [9.17, 15) is 4.79 Å². The van der Waals surface area contributed by atoms with Crippen molar-refractivity contribution < 1.29 is 9.47 Å². The molecule has 0 aliphatic heterocycles. The van der Waals surface area contributed by atoms with Crippen molar-refractivity contribution in [2.75, 3.05) is 12.4 Å². The van der Waals surface area contributed by atoms with Crippen molar-refractivity contribution >= 4 is 16.7 Å². The highest BCUT2D eigenvalue weighted by atomic mass is 16.5. The van der Waals surface area contributed by atoms with Crippen LogP contribution < -0.4 is 20.2 Å². The van der Waals surface area contributed by atoms with Crippen LogP contribution in [0.3, 0.4) is 0 Å². The molecule has 0 atom stereocenters. The number of fused-ring (bicyclic) bond motifs is 1. The molecule has 4 aromatic rings. The molecule has 2 heterocycles. The minimum atomic E-state index is -0.137. The Balaban J connectivity index is 1.79. The summed E-state index contributed by atoms with van der Waals surface area (Å²) in [6, 6.07) is 20.6. The van der Waals surface area contributed by atoms with Gasteiger partial charge in [0.15, 0.2) is 5.43 Å². The third-order valence-corrected chi connectivity index (χ3v) is 5.20. The Morgan fingerprint density at radius 1 is 1.06 bits per heavy atom. The zero-order valence-corrected chi connectivity index (χ0v) is 18.9. The molecule has 2 aromatic carbocycles. The maximum atomic E-state index is 13.0. The number of rotatable bonds is 9. The first-order valence-electron chi connectivity index (χ1n) is 10.7. The molecule has 0 unspecified atom stereocenters. The SMILES string of the molecule is C=C/C=C(\C=C)Nc1cc(=O)c2cnc(COc3ccc(OC)cc3)cc2n1-c1ccccc1. The molecule has 1 N–H and O–H groups in total. The third kappa shape index (κ3) is 4.91. The van der Waals surface area contributed by atoms with Gasteiger partial charge in [0.05, 0.1) is 23.7 Å². The fourth-order valence-corrected chi connectivity index (χ4v) is 3.55. The first kappa shape index (κ1) is 22.6. The molecule has 4 rings (SSSR count). The number of methoxy groups -OCH3 is 1. The average molecular weight is 452 g/mol. The third-order valence-electron chi connectivity index (χ3n) is 5.20. The van der Waals surface area contributed by atoms with Gasteiger partial charge in [-0.05, 0) is 54.6 Å². The van der Waals surface area contributed by atoms with Gasteiger partial charge in [-0.15, -0.1) is 0 Å². The summed E-state index contributed by atoms with van der Waals surface area (Å²) in [7, 11) is 1.62. The molecule has 0 amide bonds. The van der Waals surface area contributed by atoms with Crippen LogP contribution >= 0.6 is 0 Å². The van der Waals surface area contributed by atoms with E-state index in [2.05, 4.69) is 23.5 Å². The summed E-state index contributed by atoms with van der Waals surface area (Å²) in [5.74, 6) is 2.06. The van der Waals surface area contributed by atoms with Crippen LogP contribution in [0.5, 0.6) is 11.5 Å². The fraction of sp³-hybridized carbons (Fsp3) is 0.0714. The van der Waals surface area contributed by atoms with Gasteiger partial charge in [0.25, 0.3) is 0 Å². The monoisotopic (exact) mass is 451 g/mol. The zero-order chi connectivity index (χ0) is 23.9. The lowest BCUT2D eigenvalue weighted by Crippen LogP contribution is -2.15. The molecular formula is C28H25N3O3. The average Bonchev–Trinajstić information content (AvgIpc) is 2.88. The van der Waals surface area contributed by atoms with Crippen LogP contribution in [0.15, 0.2) is 115 Å². The Morgan fingerprint density at radius 2 is 1.79 bits per heavy atom. The summed E-state index contributed by atoms with van der Waals surface area (Å²) in [5, 5.41) is 3.80. The van der Waals surface area contributed by atoms with E-state index in [1.807, 2.05) is 65.2 Å². The van der Waals surface area contributed by atoms with E-state index in [4.69, 9.17) is 9.47 Å². The molecule has 170 valence electrons. The van der Waals surface area contributed by atoms with Crippen LogP contribution in [0.25, 0.3) is 16.6 Å². The molecule has 0 aliphatic carbocycles. The van der Waals surface area contributed by atoms with E-state index in [1.165, 1.54) is 0 Å². The Labute approximate surface area is 198 Å². The molecule has 0 spiro atoms. The first-order chi connectivity index (χ1) is 16.6. The van der Waals surface area contributed by atoms with Crippen molar-refractivity contribution in [1.29, 1.82) is 0 Å². The highest BCUT2D eigenvalue weighted by Crippen LogP contribution is 2.25. The number of aromatic nitrogens is 2. The molecular weight excluding hydrogens is 426 g/mol. The lowest BCUT2D eigenvalue weighted by molar-refractivity contribution is 0.301. The molecule has 34 heavy (non-hydrogen) atoms. The Bertz CT molecular complexity index is 1410. The van der Waals surface area contributed by atoms with Gasteiger partial charge in [0.2, 0.25) is 0 Å². The number of para-hydroxylation sites is 1. The highest BCUT2D eigenvalue weighted by molar-refractivity contribution is 5.83. The van der Waals surface area contributed by atoms with Gasteiger partial charge in [0.1, 0.15) is 23.9 Å². The number of pyridine rings is 2. The quantitative estimate of drug-likeness (QED) is 0.334. The van der Waals surface area contributed by atoms with Gasteiger partial charge in [0, 0.05) is 23.6 Å². The van der Waals surface area contributed by atoms with Crippen LogP contribution in [-0.2, 0) is 6.61 Å². The maximum absolute atomic E-state index is 13.0. The number of ether oxygens (including phenoxy) is 2. The summed E-state index contributed by atoms with van der Waals surface area (Å²) in [5.41, 5.74) is 2.88. The minimum absolute atomic E-state index is 0.137. The fourth-order valence-electron chi connectivity index (χ4n) is 3.55. The van der Waals surface area contributed by atoms with Crippen LogP contribution in [-0.4, -0.2) is 16.7 Å². The summed E-state index contributed by atoms with van der Waals surface area (Å²) >= 11 is 0. The van der Waals surface area contributed by atoms with Gasteiger partial charge >= 0.3 is 0 Å². The molecule has 2 aromatic heterocycles. The minimum Gasteiger partial charge on any atom is -0.497 e. The summed E-state index contributed by atoms with van der Waals surface area (Å²) < 4.78 is 13.1. The second kappa shape index (κ2) is 10.4. The van der Waals surface area contributed by atoms with Crippen molar-refractivity contribution in [3.8, 4) is 17.2 Å². The standard InChI is InChI=1S/C28H25N3O3/c1-4-9-20(5-2)30-28-17-27(32)25-18-29-21(19-34-24-14-12-23(33-3)13-15-24)16-26(25)31(28)22-10-7-6-8-11-22/h4-18,30H,1-2,19H2,3H3/b20-9+. The number of allylic oxidation sites excluding steroid dienone is 3. The predicted octanol–water partition coefficient (Wildman–Crippen LogP) is 5.64.